The summed E-state index contributed by atoms with van der Waals surface area (Å²) in [5.41, 5.74) is 0.772. The Hall–Kier alpha value is -2.15. The van der Waals surface area contributed by atoms with Crippen molar-refractivity contribution in [1.29, 1.82) is 5.26 Å². The lowest BCUT2D eigenvalue weighted by atomic mass is 10.2. The predicted molar refractivity (Wildman–Crippen MR) is 65.0 cm³/mol. The van der Waals surface area contributed by atoms with E-state index in [2.05, 4.69) is 4.99 Å². The normalized spacial score (nSPS) is 11.2. The second kappa shape index (κ2) is 5.26. The minimum Gasteiger partial charge on any atom is -0.442 e. The van der Waals surface area contributed by atoms with Crippen molar-refractivity contribution in [3.8, 4) is 6.07 Å². The second-order valence-electron chi connectivity index (χ2n) is 4.47. The lowest BCUT2D eigenvalue weighted by molar-refractivity contribution is 0.0605. The molecule has 0 radical (unpaired) electrons. The molecule has 4 heteroatoms. The van der Waals surface area contributed by atoms with Crippen LogP contribution >= 0.6 is 0 Å². The molecule has 0 spiro atoms. The van der Waals surface area contributed by atoms with Gasteiger partial charge in [0.25, 0.3) is 0 Å². The predicted octanol–water partition coefficient (Wildman–Crippen LogP) is 2.91. The molecule has 1 amide bonds. The minimum atomic E-state index is -0.623. The van der Waals surface area contributed by atoms with Crippen LogP contribution in [0.2, 0.25) is 0 Å². The molecular weight excluding hydrogens is 216 g/mol. The van der Waals surface area contributed by atoms with E-state index in [4.69, 9.17) is 10.00 Å². The van der Waals surface area contributed by atoms with Crippen LogP contribution in [-0.4, -0.2) is 17.9 Å². The Morgan fingerprint density at radius 2 is 1.94 bits per heavy atom. The van der Waals surface area contributed by atoms with E-state index in [0.29, 0.717) is 5.56 Å². The first-order chi connectivity index (χ1) is 7.90. The molecule has 0 atom stereocenters. The molecular formula is C13H14N2O2. The van der Waals surface area contributed by atoms with Gasteiger partial charge in [-0.2, -0.15) is 10.3 Å². The summed E-state index contributed by atoms with van der Waals surface area (Å²) >= 11 is 0. The summed E-state index contributed by atoms with van der Waals surface area (Å²) in [4.78, 5) is 14.9. The summed E-state index contributed by atoms with van der Waals surface area (Å²) in [6, 6.07) is 8.77. The summed E-state index contributed by atoms with van der Waals surface area (Å²) < 4.78 is 5.02. The molecule has 1 aromatic rings. The van der Waals surface area contributed by atoms with Gasteiger partial charge in [-0.1, -0.05) is 12.1 Å². The first-order valence-electron chi connectivity index (χ1n) is 5.18. The number of carbonyl (C=O) groups excluding carboxylic acids is 1. The van der Waals surface area contributed by atoms with Crippen LogP contribution in [0, 0.1) is 11.3 Å². The van der Waals surface area contributed by atoms with Crippen molar-refractivity contribution >= 4 is 12.3 Å². The highest BCUT2D eigenvalue weighted by Crippen LogP contribution is 2.08. The molecule has 0 aromatic heterocycles. The van der Waals surface area contributed by atoms with Gasteiger partial charge < -0.3 is 4.74 Å². The Bertz CT molecular complexity index is 462. The Labute approximate surface area is 101 Å². The number of amides is 1. The molecule has 0 fully saturated rings. The van der Waals surface area contributed by atoms with E-state index in [-0.39, 0.29) is 0 Å². The van der Waals surface area contributed by atoms with E-state index in [1.54, 1.807) is 45.0 Å². The van der Waals surface area contributed by atoms with Gasteiger partial charge in [-0.15, -0.1) is 0 Å². The molecule has 0 saturated carbocycles. The van der Waals surface area contributed by atoms with Crippen LogP contribution in [0.4, 0.5) is 4.79 Å². The molecule has 1 rings (SSSR count). The fraction of sp³-hybridized carbons (Fsp3) is 0.308. The molecule has 88 valence electrons. The Morgan fingerprint density at radius 3 is 2.41 bits per heavy atom. The summed E-state index contributed by atoms with van der Waals surface area (Å²) in [7, 11) is 0. The first-order valence-corrected chi connectivity index (χ1v) is 5.18. The highest BCUT2D eigenvalue weighted by atomic mass is 16.6. The van der Waals surface area contributed by atoms with Crippen molar-refractivity contribution in [1.82, 2.24) is 0 Å². The molecule has 0 aliphatic heterocycles. The third-order valence-electron chi connectivity index (χ3n) is 1.75. The number of hydrogen-bond acceptors (Lipinski definition) is 3. The van der Waals surface area contributed by atoms with Gasteiger partial charge in [0, 0.05) is 6.21 Å². The Kier molecular flexibility index (Phi) is 4.00. The fourth-order valence-electron chi connectivity index (χ4n) is 1.06. The smallest absolute Gasteiger partial charge is 0.434 e. The van der Waals surface area contributed by atoms with Crippen LogP contribution in [0.25, 0.3) is 0 Å². The van der Waals surface area contributed by atoms with E-state index in [9.17, 15) is 4.79 Å². The standard InChI is InChI=1S/C13H14N2O2/c1-13(2,3)17-12(16)15-9-11-6-4-10(8-14)5-7-11/h4-7,9H,1-3H3/b15-9+. The monoisotopic (exact) mass is 230 g/mol. The van der Waals surface area contributed by atoms with E-state index < -0.39 is 11.7 Å². The number of hydrogen-bond donors (Lipinski definition) is 0. The van der Waals surface area contributed by atoms with Crippen molar-refractivity contribution < 1.29 is 9.53 Å². The van der Waals surface area contributed by atoms with Gasteiger partial charge in [0.15, 0.2) is 0 Å². The van der Waals surface area contributed by atoms with Crippen molar-refractivity contribution in [2.75, 3.05) is 0 Å². The topological polar surface area (TPSA) is 62.4 Å². The lowest BCUT2D eigenvalue weighted by Crippen LogP contribution is -2.21. The Balaban J connectivity index is 2.65. The summed E-state index contributed by atoms with van der Waals surface area (Å²) in [5.74, 6) is 0. The molecule has 17 heavy (non-hydrogen) atoms. The molecule has 4 nitrogen and oxygen atoms in total. The van der Waals surface area contributed by atoms with Gasteiger partial charge in [0.1, 0.15) is 5.60 Å². The minimum absolute atomic E-state index is 0.543. The highest BCUT2D eigenvalue weighted by Gasteiger charge is 2.14. The van der Waals surface area contributed by atoms with Crippen LogP contribution in [0.1, 0.15) is 31.9 Å². The fourth-order valence-corrected chi connectivity index (χ4v) is 1.06. The van der Waals surface area contributed by atoms with E-state index in [1.807, 2.05) is 6.07 Å². The van der Waals surface area contributed by atoms with Gasteiger partial charge in [0.05, 0.1) is 11.6 Å². The SMILES string of the molecule is CC(C)(C)OC(=O)/N=C/c1ccc(C#N)cc1. The van der Waals surface area contributed by atoms with Crippen molar-refractivity contribution in [3.63, 3.8) is 0 Å². The zero-order valence-electron chi connectivity index (χ0n) is 10.1. The van der Waals surface area contributed by atoms with Crippen molar-refractivity contribution in [2.45, 2.75) is 26.4 Å². The second-order valence-corrected chi connectivity index (χ2v) is 4.47. The molecule has 0 unspecified atom stereocenters. The largest absolute Gasteiger partial charge is 0.442 e. The average molecular weight is 230 g/mol. The molecule has 0 N–H and O–H groups in total. The third-order valence-corrected chi connectivity index (χ3v) is 1.75. The number of rotatable bonds is 1. The zero-order valence-corrected chi connectivity index (χ0v) is 10.1. The number of benzene rings is 1. The summed E-state index contributed by atoms with van der Waals surface area (Å²) in [5, 5.41) is 8.62. The number of nitriles is 1. The maximum absolute atomic E-state index is 11.3. The van der Waals surface area contributed by atoms with Crippen LogP contribution in [-0.2, 0) is 4.74 Å². The summed E-state index contributed by atoms with van der Waals surface area (Å²) in [6.45, 7) is 5.34. The maximum atomic E-state index is 11.3. The van der Waals surface area contributed by atoms with Crippen molar-refractivity contribution in [3.05, 3.63) is 35.4 Å². The van der Waals surface area contributed by atoms with Gasteiger partial charge >= 0.3 is 6.09 Å². The number of ether oxygens (including phenoxy) is 1. The van der Waals surface area contributed by atoms with Crippen LogP contribution in [0.15, 0.2) is 29.3 Å². The van der Waals surface area contributed by atoms with Crippen LogP contribution in [0.5, 0.6) is 0 Å². The van der Waals surface area contributed by atoms with Gasteiger partial charge in [-0.05, 0) is 38.5 Å². The Morgan fingerprint density at radius 1 is 1.35 bits per heavy atom. The third kappa shape index (κ3) is 4.94. The van der Waals surface area contributed by atoms with Gasteiger partial charge in [-0.25, -0.2) is 4.79 Å². The number of nitrogens with zero attached hydrogens (tertiary/aromatic N) is 2. The highest BCUT2D eigenvalue weighted by molar-refractivity contribution is 5.89. The number of carbonyl (C=O) groups is 1. The van der Waals surface area contributed by atoms with Gasteiger partial charge in [0.2, 0.25) is 0 Å². The molecule has 0 bridgehead atoms. The van der Waals surface area contributed by atoms with Gasteiger partial charge in [-0.3, -0.25) is 0 Å². The average Bonchev–Trinajstić information content (AvgIpc) is 2.25. The number of aliphatic imine (C=N–C) groups is 1. The summed E-state index contributed by atoms with van der Waals surface area (Å²) in [6.07, 6.45) is 0.789. The maximum Gasteiger partial charge on any atom is 0.434 e. The molecule has 0 heterocycles. The van der Waals surface area contributed by atoms with Crippen LogP contribution in [0.3, 0.4) is 0 Å². The quantitative estimate of drug-likeness (QED) is 0.697. The van der Waals surface area contributed by atoms with Crippen molar-refractivity contribution in [2.24, 2.45) is 4.99 Å². The molecule has 0 aliphatic rings. The van der Waals surface area contributed by atoms with E-state index in [1.165, 1.54) is 6.21 Å². The molecule has 0 aliphatic carbocycles. The van der Waals surface area contributed by atoms with Crippen LogP contribution < -0.4 is 0 Å². The molecule has 0 saturated heterocycles. The van der Waals surface area contributed by atoms with E-state index in [0.717, 1.165) is 5.56 Å². The molecule has 1 aromatic carbocycles. The van der Waals surface area contributed by atoms with E-state index >= 15 is 0 Å². The lowest BCUT2D eigenvalue weighted by Gasteiger charge is -2.16. The first kappa shape index (κ1) is 12.9. The zero-order chi connectivity index (χ0) is 12.9.